The monoisotopic (exact) mass is 285 g/mol. The van der Waals surface area contributed by atoms with Crippen LogP contribution in [0.5, 0.6) is 5.88 Å². The number of carboxylic acids is 1. The molecule has 0 atom stereocenters. The predicted octanol–water partition coefficient (Wildman–Crippen LogP) is 2.72. The Labute approximate surface area is 102 Å². The zero-order chi connectivity index (χ0) is 11.5. The number of ether oxygens (including phenoxy) is 1. The second kappa shape index (κ2) is 4.82. The summed E-state index contributed by atoms with van der Waals surface area (Å²) in [6, 6.07) is 3.32. The lowest BCUT2D eigenvalue weighted by Gasteiger charge is -2.24. The summed E-state index contributed by atoms with van der Waals surface area (Å²) < 4.78 is 5.93. The Bertz CT molecular complexity index is 404. The third-order valence-corrected chi connectivity index (χ3v) is 3.35. The van der Waals surface area contributed by atoms with Crippen molar-refractivity contribution >= 4 is 21.9 Å². The van der Waals surface area contributed by atoms with E-state index in [0.29, 0.717) is 22.9 Å². The Kier molecular flexibility index (Phi) is 3.43. The first kappa shape index (κ1) is 11.4. The highest BCUT2D eigenvalue weighted by Gasteiger charge is 2.18. The fourth-order valence-corrected chi connectivity index (χ4v) is 1.91. The third-order valence-electron chi connectivity index (χ3n) is 2.71. The van der Waals surface area contributed by atoms with Gasteiger partial charge in [-0.05, 0) is 40.8 Å². The molecule has 0 aliphatic heterocycles. The van der Waals surface area contributed by atoms with E-state index < -0.39 is 5.97 Å². The number of aromatic nitrogens is 1. The number of carboxylic acid groups (broad SMARTS) is 1. The van der Waals surface area contributed by atoms with Crippen LogP contribution in [0.15, 0.2) is 16.6 Å². The van der Waals surface area contributed by atoms with Gasteiger partial charge in [-0.1, -0.05) is 6.42 Å². The van der Waals surface area contributed by atoms with Crippen LogP contribution in [-0.2, 0) is 0 Å². The summed E-state index contributed by atoms with van der Waals surface area (Å²) in [5.74, 6) is -0.0628. The van der Waals surface area contributed by atoms with Gasteiger partial charge < -0.3 is 9.84 Å². The van der Waals surface area contributed by atoms with Crippen LogP contribution < -0.4 is 4.74 Å². The summed E-state index contributed by atoms with van der Waals surface area (Å²) in [6.07, 6.45) is 3.66. The number of carbonyl (C=O) groups is 1. The Morgan fingerprint density at radius 1 is 1.56 bits per heavy atom. The van der Waals surface area contributed by atoms with Gasteiger partial charge in [0.1, 0.15) is 0 Å². The van der Waals surface area contributed by atoms with Gasteiger partial charge in [-0.25, -0.2) is 9.78 Å². The number of aromatic carboxylic acids is 1. The maximum absolute atomic E-state index is 10.8. The summed E-state index contributed by atoms with van der Waals surface area (Å²) in [6.45, 7) is 0.633. The number of halogens is 1. The largest absolute Gasteiger partial charge is 0.477 e. The first-order valence-electron chi connectivity index (χ1n) is 5.19. The SMILES string of the molecule is O=C(O)c1nc(OCC2CCC2)ccc1Br. The Hall–Kier alpha value is -1.10. The van der Waals surface area contributed by atoms with Gasteiger partial charge in [0.2, 0.25) is 5.88 Å². The molecule has 1 heterocycles. The zero-order valence-corrected chi connectivity index (χ0v) is 10.2. The molecule has 0 aromatic carbocycles. The standard InChI is InChI=1S/C11H12BrNO3/c12-8-4-5-9(13-10(8)11(14)15)16-6-7-2-1-3-7/h4-5,7H,1-3,6H2,(H,14,15). The molecule has 0 unspecified atom stereocenters. The number of hydrogen-bond acceptors (Lipinski definition) is 3. The molecule has 4 nitrogen and oxygen atoms in total. The molecule has 2 rings (SSSR count). The molecule has 86 valence electrons. The molecule has 1 N–H and O–H groups in total. The van der Waals surface area contributed by atoms with Gasteiger partial charge in [0.25, 0.3) is 0 Å². The third kappa shape index (κ3) is 2.52. The highest BCUT2D eigenvalue weighted by molar-refractivity contribution is 9.10. The molecule has 16 heavy (non-hydrogen) atoms. The first-order chi connectivity index (χ1) is 7.66. The highest BCUT2D eigenvalue weighted by Crippen LogP contribution is 2.27. The van der Waals surface area contributed by atoms with E-state index in [2.05, 4.69) is 20.9 Å². The van der Waals surface area contributed by atoms with E-state index in [1.54, 1.807) is 12.1 Å². The van der Waals surface area contributed by atoms with Gasteiger partial charge in [0.05, 0.1) is 11.1 Å². The molecule has 1 saturated carbocycles. The van der Waals surface area contributed by atoms with Crippen molar-refractivity contribution in [2.75, 3.05) is 6.61 Å². The van der Waals surface area contributed by atoms with E-state index in [4.69, 9.17) is 9.84 Å². The molecule has 5 heteroatoms. The minimum Gasteiger partial charge on any atom is -0.477 e. The lowest BCUT2D eigenvalue weighted by atomic mass is 9.86. The van der Waals surface area contributed by atoms with Crippen molar-refractivity contribution < 1.29 is 14.6 Å². The van der Waals surface area contributed by atoms with Gasteiger partial charge in [-0.15, -0.1) is 0 Å². The minimum atomic E-state index is -1.05. The fourth-order valence-electron chi connectivity index (χ4n) is 1.52. The molecule has 0 amide bonds. The summed E-state index contributed by atoms with van der Waals surface area (Å²) in [4.78, 5) is 14.8. The Morgan fingerprint density at radius 3 is 2.88 bits per heavy atom. The normalized spacial score (nSPS) is 15.6. The molecule has 1 aromatic heterocycles. The zero-order valence-electron chi connectivity index (χ0n) is 8.65. The van der Waals surface area contributed by atoms with E-state index in [0.717, 1.165) is 0 Å². The van der Waals surface area contributed by atoms with Crippen LogP contribution in [0.4, 0.5) is 0 Å². The van der Waals surface area contributed by atoms with E-state index in [1.807, 2.05) is 0 Å². The summed E-state index contributed by atoms with van der Waals surface area (Å²) in [5.41, 5.74) is -0.00823. The van der Waals surface area contributed by atoms with Crippen LogP contribution in [0, 0.1) is 5.92 Å². The quantitative estimate of drug-likeness (QED) is 0.924. The number of nitrogens with zero attached hydrogens (tertiary/aromatic N) is 1. The number of pyridine rings is 1. The average Bonchev–Trinajstić information content (AvgIpc) is 2.17. The Balaban J connectivity index is 2.03. The maximum atomic E-state index is 10.8. The summed E-state index contributed by atoms with van der Waals surface area (Å²) in [5, 5.41) is 8.88. The van der Waals surface area contributed by atoms with Crippen molar-refractivity contribution in [2.45, 2.75) is 19.3 Å². The molecular weight excluding hydrogens is 274 g/mol. The smallest absolute Gasteiger partial charge is 0.355 e. The van der Waals surface area contributed by atoms with E-state index in [-0.39, 0.29) is 5.69 Å². The minimum absolute atomic E-state index is 0.00823. The highest BCUT2D eigenvalue weighted by atomic mass is 79.9. The molecule has 1 aliphatic carbocycles. The topological polar surface area (TPSA) is 59.4 Å². The molecular formula is C11H12BrNO3. The van der Waals surface area contributed by atoms with Crippen molar-refractivity contribution in [1.29, 1.82) is 0 Å². The van der Waals surface area contributed by atoms with Crippen molar-refractivity contribution in [3.63, 3.8) is 0 Å². The average molecular weight is 286 g/mol. The van der Waals surface area contributed by atoms with Crippen molar-refractivity contribution in [2.24, 2.45) is 5.92 Å². The number of rotatable bonds is 4. The van der Waals surface area contributed by atoms with Crippen molar-refractivity contribution in [3.05, 3.63) is 22.3 Å². The van der Waals surface area contributed by atoms with Gasteiger partial charge in [0.15, 0.2) is 5.69 Å². The molecule has 1 aliphatic rings. The van der Waals surface area contributed by atoms with Gasteiger partial charge in [-0.3, -0.25) is 0 Å². The lowest BCUT2D eigenvalue weighted by molar-refractivity contribution is 0.0687. The van der Waals surface area contributed by atoms with Gasteiger partial charge >= 0.3 is 5.97 Å². The van der Waals surface area contributed by atoms with Crippen LogP contribution >= 0.6 is 15.9 Å². The summed E-state index contributed by atoms with van der Waals surface area (Å²) in [7, 11) is 0. The fraction of sp³-hybridized carbons (Fsp3) is 0.455. The Morgan fingerprint density at radius 2 is 2.31 bits per heavy atom. The van der Waals surface area contributed by atoms with Crippen LogP contribution in [0.25, 0.3) is 0 Å². The van der Waals surface area contributed by atoms with Crippen molar-refractivity contribution in [1.82, 2.24) is 4.98 Å². The van der Waals surface area contributed by atoms with Gasteiger partial charge in [-0.2, -0.15) is 0 Å². The van der Waals surface area contributed by atoms with Crippen LogP contribution in [0.2, 0.25) is 0 Å². The first-order valence-corrected chi connectivity index (χ1v) is 5.99. The molecule has 0 bridgehead atoms. The van der Waals surface area contributed by atoms with E-state index >= 15 is 0 Å². The van der Waals surface area contributed by atoms with Crippen LogP contribution in [0.3, 0.4) is 0 Å². The van der Waals surface area contributed by atoms with Crippen LogP contribution in [0.1, 0.15) is 29.8 Å². The maximum Gasteiger partial charge on any atom is 0.355 e. The van der Waals surface area contributed by atoms with E-state index in [1.165, 1.54) is 19.3 Å². The number of hydrogen-bond donors (Lipinski definition) is 1. The molecule has 0 spiro atoms. The molecule has 0 saturated heterocycles. The van der Waals surface area contributed by atoms with Crippen LogP contribution in [-0.4, -0.2) is 22.7 Å². The summed E-state index contributed by atoms with van der Waals surface area (Å²) >= 11 is 3.14. The predicted molar refractivity (Wildman–Crippen MR) is 61.7 cm³/mol. The second-order valence-corrected chi connectivity index (χ2v) is 4.75. The molecule has 0 radical (unpaired) electrons. The lowest BCUT2D eigenvalue weighted by Crippen LogP contribution is -2.19. The van der Waals surface area contributed by atoms with Gasteiger partial charge in [0, 0.05) is 6.07 Å². The molecule has 1 aromatic rings. The van der Waals surface area contributed by atoms with E-state index in [9.17, 15) is 4.79 Å². The second-order valence-electron chi connectivity index (χ2n) is 3.89. The van der Waals surface area contributed by atoms with Crippen molar-refractivity contribution in [3.8, 4) is 5.88 Å². The molecule has 1 fully saturated rings.